The molecule has 0 spiro atoms. The van der Waals surface area contributed by atoms with Crippen molar-refractivity contribution in [1.82, 2.24) is 5.32 Å². The van der Waals surface area contributed by atoms with E-state index >= 15 is 0 Å². The van der Waals surface area contributed by atoms with Crippen LogP contribution in [0.4, 0.5) is 13.2 Å². The van der Waals surface area contributed by atoms with Gasteiger partial charge in [0.1, 0.15) is 12.4 Å². The maximum atomic E-state index is 11.8. The number of rotatable bonds is 10. The zero-order chi connectivity index (χ0) is 15.6. The molecule has 0 radical (unpaired) electrons. The second kappa shape index (κ2) is 9.63. The molecule has 0 aromatic heterocycles. The van der Waals surface area contributed by atoms with Crippen molar-refractivity contribution < 1.29 is 22.6 Å². The maximum Gasteiger partial charge on any atom is 0.411 e. The third kappa shape index (κ3) is 9.31. The van der Waals surface area contributed by atoms with Gasteiger partial charge in [-0.05, 0) is 30.7 Å². The molecule has 0 aliphatic carbocycles. The molecule has 1 N–H and O–H groups in total. The van der Waals surface area contributed by atoms with Crippen molar-refractivity contribution in [3.63, 3.8) is 0 Å². The summed E-state index contributed by atoms with van der Waals surface area (Å²) in [5, 5.41) is 3.29. The molecule has 0 saturated heterocycles. The fraction of sp³-hybridized carbons (Fsp3) is 0.600. The molecule has 0 bridgehead atoms. The van der Waals surface area contributed by atoms with Crippen molar-refractivity contribution in [2.24, 2.45) is 0 Å². The van der Waals surface area contributed by atoms with Crippen LogP contribution in [-0.4, -0.2) is 32.5 Å². The van der Waals surface area contributed by atoms with Crippen LogP contribution in [0.15, 0.2) is 24.3 Å². The molecule has 0 aliphatic rings. The normalized spacial score (nSPS) is 11.6. The fourth-order valence-corrected chi connectivity index (χ4v) is 1.69. The quantitative estimate of drug-likeness (QED) is 0.671. The van der Waals surface area contributed by atoms with Crippen LogP contribution in [0.5, 0.6) is 5.75 Å². The molecule has 1 aromatic rings. The number of benzene rings is 1. The number of nitrogens with one attached hydrogen (secondary N) is 1. The Bertz CT molecular complexity index is 397. The van der Waals surface area contributed by atoms with Crippen molar-refractivity contribution in [3.8, 4) is 5.75 Å². The zero-order valence-electron chi connectivity index (χ0n) is 12.2. The smallest absolute Gasteiger partial charge is 0.411 e. The Morgan fingerprint density at radius 1 is 1.19 bits per heavy atom. The van der Waals surface area contributed by atoms with E-state index in [2.05, 4.69) is 17.0 Å². The summed E-state index contributed by atoms with van der Waals surface area (Å²) in [5.41, 5.74) is 1.12. The Balaban J connectivity index is 2.18. The third-order valence-electron chi connectivity index (χ3n) is 2.62. The summed E-state index contributed by atoms with van der Waals surface area (Å²) >= 11 is 0. The SMILES string of the molecule is CCCNCc1cccc(OCCCOCC(F)(F)F)c1. The van der Waals surface area contributed by atoms with Crippen LogP contribution in [0.3, 0.4) is 0 Å². The molecule has 0 amide bonds. The van der Waals surface area contributed by atoms with Crippen LogP contribution in [0.25, 0.3) is 0 Å². The molecule has 120 valence electrons. The van der Waals surface area contributed by atoms with Crippen molar-refractivity contribution >= 4 is 0 Å². The summed E-state index contributed by atoms with van der Waals surface area (Å²) in [5.74, 6) is 0.724. The number of halogens is 3. The van der Waals surface area contributed by atoms with Gasteiger partial charge >= 0.3 is 6.18 Å². The molecule has 0 aliphatic heterocycles. The lowest BCUT2D eigenvalue weighted by Gasteiger charge is -2.10. The number of alkyl halides is 3. The van der Waals surface area contributed by atoms with Gasteiger partial charge in [-0.2, -0.15) is 13.2 Å². The molecule has 0 unspecified atom stereocenters. The highest BCUT2D eigenvalue weighted by Crippen LogP contribution is 2.15. The molecular weight excluding hydrogens is 283 g/mol. The van der Waals surface area contributed by atoms with Crippen LogP contribution in [0, 0.1) is 0 Å². The molecule has 0 saturated carbocycles. The minimum atomic E-state index is -4.26. The van der Waals surface area contributed by atoms with Gasteiger partial charge in [0, 0.05) is 13.0 Å². The topological polar surface area (TPSA) is 30.5 Å². The fourth-order valence-electron chi connectivity index (χ4n) is 1.69. The highest BCUT2D eigenvalue weighted by molar-refractivity contribution is 5.28. The first-order valence-corrected chi connectivity index (χ1v) is 7.08. The Morgan fingerprint density at radius 2 is 2.00 bits per heavy atom. The molecule has 21 heavy (non-hydrogen) atoms. The lowest BCUT2D eigenvalue weighted by Crippen LogP contribution is -2.18. The van der Waals surface area contributed by atoms with Gasteiger partial charge in [0.05, 0.1) is 13.2 Å². The van der Waals surface area contributed by atoms with Gasteiger partial charge in [-0.25, -0.2) is 0 Å². The second-order valence-corrected chi connectivity index (χ2v) is 4.69. The van der Waals surface area contributed by atoms with Gasteiger partial charge in [-0.1, -0.05) is 19.1 Å². The van der Waals surface area contributed by atoms with Crippen LogP contribution in [0.1, 0.15) is 25.3 Å². The van der Waals surface area contributed by atoms with Gasteiger partial charge < -0.3 is 14.8 Å². The van der Waals surface area contributed by atoms with Gasteiger partial charge in [0.25, 0.3) is 0 Å². The van der Waals surface area contributed by atoms with E-state index in [0.29, 0.717) is 13.0 Å². The minimum absolute atomic E-state index is 0.0389. The van der Waals surface area contributed by atoms with Crippen LogP contribution in [-0.2, 0) is 11.3 Å². The van der Waals surface area contributed by atoms with E-state index in [4.69, 9.17) is 4.74 Å². The summed E-state index contributed by atoms with van der Waals surface area (Å²) in [4.78, 5) is 0. The van der Waals surface area contributed by atoms with E-state index < -0.39 is 12.8 Å². The first-order chi connectivity index (χ1) is 10.0. The highest BCUT2D eigenvalue weighted by atomic mass is 19.4. The molecule has 3 nitrogen and oxygen atoms in total. The molecule has 1 aromatic carbocycles. The molecule has 1 rings (SSSR count). The number of ether oxygens (including phenoxy) is 2. The Morgan fingerprint density at radius 3 is 2.71 bits per heavy atom. The predicted molar refractivity (Wildman–Crippen MR) is 75.4 cm³/mol. The minimum Gasteiger partial charge on any atom is -0.493 e. The Labute approximate surface area is 123 Å². The Kier molecular flexibility index (Phi) is 8.15. The van der Waals surface area contributed by atoms with E-state index in [1.807, 2.05) is 24.3 Å². The van der Waals surface area contributed by atoms with E-state index in [9.17, 15) is 13.2 Å². The van der Waals surface area contributed by atoms with E-state index in [-0.39, 0.29) is 6.61 Å². The first-order valence-electron chi connectivity index (χ1n) is 7.08. The van der Waals surface area contributed by atoms with Crippen molar-refractivity contribution in [3.05, 3.63) is 29.8 Å². The van der Waals surface area contributed by atoms with E-state index in [0.717, 1.165) is 30.8 Å². The highest BCUT2D eigenvalue weighted by Gasteiger charge is 2.27. The average molecular weight is 305 g/mol. The zero-order valence-corrected chi connectivity index (χ0v) is 12.2. The molecule has 6 heteroatoms. The first kappa shape index (κ1) is 17.8. The van der Waals surface area contributed by atoms with Gasteiger partial charge in [-0.15, -0.1) is 0 Å². The predicted octanol–water partition coefficient (Wildman–Crippen LogP) is 3.53. The largest absolute Gasteiger partial charge is 0.493 e. The van der Waals surface area contributed by atoms with Gasteiger partial charge in [0.2, 0.25) is 0 Å². The van der Waals surface area contributed by atoms with Crippen LogP contribution >= 0.6 is 0 Å². The van der Waals surface area contributed by atoms with E-state index in [1.54, 1.807) is 0 Å². The monoisotopic (exact) mass is 305 g/mol. The maximum absolute atomic E-state index is 11.8. The van der Waals surface area contributed by atoms with Gasteiger partial charge in [0.15, 0.2) is 0 Å². The standard InChI is InChI=1S/C15H22F3NO2/c1-2-7-19-11-13-5-3-6-14(10-13)21-9-4-8-20-12-15(16,17)18/h3,5-6,10,19H,2,4,7-9,11-12H2,1H3. The van der Waals surface area contributed by atoms with Crippen molar-refractivity contribution in [1.29, 1.82) is 0 Å². The second-order valence-electron chi connectivity index (χ2n) is 4.69. The summed E-state index contributed by atoms with van der Waals surface area (Å²) in [6, 6.07) is 7.67. The Hall–Kier alpha value is -1.27. The average Bonchev–Trinajstić information content (AvgIpc) is 2.42. The van der Waals surface area contributed by atoms with Crippen molar-refractivity contribution in [2.45, 2.75) is 32.5 Å². The lowest BCUT2D eigenvalue weighted by molar-refractivity contribution is -0.174. The lowest BCUT2D eigenvalue weighted by atomic mass is 10.2. The van der Waals surface area contributed by atoms with Crippen LogP contribution in [0.2, 0.25) is 0 Å². The molecular formula is C15H22F3NO2. The van der Waals surface area contributed by atoms with Gasteiger partial charge in [-0.3, -0.25) is 0 Å². The van der Waals surface area contributed by atoms with Crippen molar-refractivity contribution in [2.75, 3.05) is 26.4 Å². The summed E-state index contributed by atoms with van der Waals surface area (Å²) in [6.07, 6.45) is -2.76. The molecule has 0 heterocycles. The third-order valence-corrected chi connectivity index (χ3v) is 2.62. The number of hydrogen-bond donors (Lipinski definition) is 1. The molecule has 0 fully saturated rings. The summed E-state index contributed by atoms with van der Waals surface area (Å²) in [7, 11) is 0. The number of hydrogen-bond acceptors (Lipinski definition) is 3. The molecule has 0 atom stereocenters. The van der Waals surface area contributed by atoms with E-state index in [1.165, 1.54) is 0 Å². The summed E-state index contributed by atoms with van der Waals surface area (Å²) in [6.45, 7) is 3.02. The van der Waals surface area contributed by atoms with Crippen LogP contribution < -0.4 is 10.1 Å². The summed E-state index contributed by atoms with van der Waals surface area (Å²) < 4.78 is 45.5.